The van der Waals surface area contributed by atoms with Crippen molar-refractivity contribution in [3.63, 3.8) is 0 Å². The molecular formula is C13H16BrN3OS. The molecule has 0 unspecified atom stereocenters. The molecule has 0 bridgehead atoms. The number of primary amides is 1. The second kappa shape index (κ2) is 5.88. The Labute approximate surface area is 126 Å². The molecule has 1 aliphatic rings. The van der Waals surface area contributed by atoms with Crippen molar-refractivity contribution in [1.29, 1.82) is 0 Å². The van der Waals surface area contributed by atoms with Crippen LogP contribution in [0.4, 0.5) is 5.69 Å². The number of nitrogens with two attached hydrogens (primary N) is 2. The fraction of sp³-hybridized carbons (Fsp3) is 0.385. The maximum atomic E-state index is 11.2. The molecule has 0 radical (unpaired) electrons. The second-order valence-corrected chi connectivity index (χ2v) is 6.04. The van der Waals surface area contributed by atoms with Crippen molar-refractivity contribution in [3.8, 4) is 0 Å². The maximum absolute atomic E-state index is 11.2. The molecule has 1 saturated heterocycles. The summed E-state index contributed by atoms with van der Waals surface area (Å²) in [6, 6.07) is 5.86. The lowest BCUT2D eigenvalue weighted by Crippen LogP contribution is -2.39. The minimum absolute atomic E-state index is 0.0170. The average molecular weight is 342 g/mol. The maximum Gasteiger partial charge on any atom is 0.220 e. The standard InChI is InChI=1S/C13H16BrN3OS/c14-9-1-2-10(13(16)19)11(7-9)17-5-3-8(4-6-17)12(15)18/h1-2,7-8H,3-6H2,(H2,15,18)(H2,16,19). The Morgan fingerprint density at radius 3 is 2.47 bits per heavy atom. The van der Waals surface area contributed by atoms with Gasteiger partial charge in [0.2, 0.25) is 5.91 Å². The van der Waals surface area contributed by atoms with E-state index >= 15 is 0 Å². The summed E-state index contributed by atoms with van der Waals surface area (Å²) in [6.45, 7) is 1.58. The molecule has 19 heavy (non-hydrogen) atoms. The van der Waals surface area contributed by atoms with Crippen molar-refractivity contribution in [2.75, 3.05) is 18.0 Å². The number of rotatable bonds is 3. The largest absolute Gasteiger partial charge is 0.389 e. The predicted octanol–water partition coefficient (Wildman–Crippen LogP) is 1.78. The highest BCUT2D eigenvalue weighted by Gasteiger charge is 2.24. The van der Waals surface area contributed by atoms with Gasteiger partial charge in [-0.2, -0.15) is 0 Å². The van der Waals surface area contributed by atoms with Crippen LogP contribution in [-0.4, -0.2) is 24.0 Å². The van der Waals surface area contributed by atoms with E-state index in [-0.39, 0.29) is 11.8 Å². The van der Waals surface area contributed by atoms with Crippen LogP contribution < -0.4 is 16.4 Å². The zero-order chi connectivity index (χ0) is 14.0. The third kappa shape index (κ3) is 3.25. The van der Waals surface area contributed by atoms with E-state index in [0.29, 0.717) is 4.99 Å². The van der Waals surface area contributed by atoms with Crippen LogP contribution in [0.3, 0.4) is 0 Å². The van der Waals surface area contributed by atoms with Gasteiger partial charge in [0.25, 0.3) is 0 Å². The number of anilines is 1. The van der Waals surface area contributed by atoms with E-state index in [4.69, 9.17) is 23.7 Å². The summed E-state index contributed by atoms with van der Waals surface area (Å²) in [7, 11) is 0. The topological polar surface area (TPSA) is 72.4 Å². The van der Waals surface area contributed by atoms with Crippen molar-refractivity contribution in [2.24, 2.45) is 17.4 Å². The van der Waals surface area contributed by atoms with E-state index < -0.39 is 0 Å². The summed E-state index contributed by atoms with van der Waals surface area (Å²) in [5, 5.41) is 0. The fourth-order valence-corrected chi connectivity index (χ4v) is 2.90. The van der Waals surface area contributed by atoms with Gasteiger partial charge in [-0.05, 0) is 31.0 Å². The summed E-state index contributed by atoms with van der Waals surface area (Å²) in [5.74, 6) is -0.222. The van der Waals surface area contributed by atoms with Gasteiger partial charge in [0.15, 0.2) is 0 Å². The number of carbonyl (C=O) groups excluding carboxylic acids is 1. The van der Waals surface area contributed by atoms with Crippen LogP contribution in [0, 0.1) is 5.92 Å². The van der Waals surface area contributed by atoms with Gasteiger partial charge in [-0.1, -0.05) is 28.1 Å². The van der Waals surface area contributed by atoms with Crippen LogP contribution in [0.5, 0.6) is 0 Å². The molecule has 1 amide bonds. The number of thiocarbonyl (C=S) groups is 1. The van der Waals surface area contributed by atoms with Gasteiger partial charge in [-0.25, -0.2) is 0 Å². The molecule has 0 atom stereocenters. The zero-order valence-corrected chi connectivity index (χ0v) is 12.8. The molecule has 0 aliphatic carbocycles. The Morgan fingerprint density at radius 1 is 1.32 bits per heavy atom. The normalized spacial score (nSPS) is 16.4. The molecule has 1 aliphatic heterocycles. The Hall–Kier alpha value is -1.14. The Balaban J connectivity index is 2.21. The minimum Gasteiger partial charge on any atom is -0.389 e. The molecule has 2 rings (SSSR count). The third-order valence-corrected chi connectivity index (χ3v) is 4.18. The van der Waals surface area contributed by atoms with E-state index in [9.17, 15) is 4.79 Å². The molecule has 6 heteroatoms. The number of piperidine rings is 1. The smallest absolute Gasteiger partial charge is 0.220 e. The summed E-state index contributed by atoms with van der Waals surface area (Å²) >= 11 is 8.55. The molecule has 1 aromatic carbocycles. The summed E-state index contributed by atoms with van der Waals surface area (Å²) in [6.07, 6.45) is 1.55. The van der Waals surface area contributed by atoms with Crippen LogP contribution in [0.15, 0.2) is 22.7 Å². The molecule has 0 aromatic heterocycles. The fourth-order valence-electron chi connectivity index (χ4n) is 2.38. The van der Waals surface area contributed by atoms with E-state index in [2.05, 4.69) is 20.8 Å². The number of halogens is 1. The quantitative estimate of drug-likeness (QED) is 0.822. The predicted molar refractivity (Wildman–Crippen MR) is 84.2 cm³/mol. The highest BCUT2D eigenvalue weighted by molar-refractivity contribution is 9.10. The molecule has 1 aromatic rings. The van der Waals surface area contributed by atoms with Crippen LogP contribution in [-0.2, 0) is 4.79 Å². The lowest BCUT2D eigenvalue weighted by Gasteiger charge is -2.33. The van der Waals surface area contributed by atoms with Gasteiger partial charge < -0.3 is 16.4 Å². The molecule has 0 spiro atoms. The van der Waals surface area contributed by atoms with Gasteiger partial charge in [-0.15, -0.1) is 0 Å². The first-order valence-corrected chi connectivity index (χ1v) is 7.33. The highest BCUT2D eigenvalue weighted by atomic mass is 79.9. The molecule has 0 saturated carbocycles. The highest BCUT2D eigenvalue weighted by Crippen LogP contribution is 2.29. The molecule has 102 valence electrons. The first kappa shape index (κ1) is 14.3. The van der Waals surface area contributed by atoms with E-state index in [0.717, 1.165) is 41.7 Å². The number of amides is 1. The zero-order valence-electron chi connectivity index (χ0n) is 10.4. The Morgan fingerprint density at radius 2 is 1.95 bits per heavy atom. The number of carbonyl (C=O) groups is 1. The van der Waals surface area contributed by atoms with Gasteiger partial charge in [0.1, 0.15) is 4.99 Å². The van der Waals surface area contributed by atoms with Crippen LogP contribution in [0.2, 0.25) is 0 Å². The van der Waals surface area contributed by atoms with Crippen molar-refractivity contribution in [1.82, 2.24) is 0 Å². The molecular weight excluding hydrogens is 326 g/mol. The Bertz CT molecular complexity index is 513. The van der Waals surface area contributed by atoms with Gasteiger partial charge in [-0.3, -0.25) is 4.79 Å². The van der Waals surface area contributed by atoms with E-state index in [1.54, 1.807) is 0 Å². The van der Waals surface area contributed by atoms with Crippen molar-refractivity contribution < 1.29 is 4.79 Å². The molecule has 4 nitrogen and oxygen atoms in total. The summed E-state index contributed by atoms with van der Waals surface area (Å²) < 4.78 is 0.986. The number of benzene rings is 1. The van der Waals surface area contributed by atoms with Crippen molar-refractivity contribution >= 4 is 44.7 Å². The third-order valence-electron chi connectivity index (χ3n) is 3.46. The van der Waals surface area contributed by atoms with Crippen LogP contribution >= 0.6 is 28.1 Å². The van der Waals surface area contributed by atoms with Gasteiger partial charge >= 0.3 is 0 Å². The molecule has 1 fully saturated rings. The first-order chi connectivity index (χ1) is 8.99. The Kier molecular flexibility index (Phi) is 4.42. The first-order valence-electron chi connectivity index (χ1n) is 6.12. The van der Waals surface area contributed by atoms with Crippen LogP contribution in [0.25, 0.3) is 0 Å². The second-order valence-electron chi connectivity index (χ2n) is 4.69. The van der Waals surface area contributed by atoms with Crippen molar-refractivity contribution in [3.05, 3.63) is 28.2 Å². The lowest BCUT2D eigenvalue weighted by atomic mass is 9.95. The summed E-state index contributed by atoms with van der Waals surface area (Å²) in [5.41, 5.74) is 13.0. The average Bonchev–Trinajstić information content (AvgIpc) is 2.38. The number of nitrogens with zero attached hydrogens (tertiary/aromatic N) is 1. The van der Waals surface area contributed by atoms with Crippen LogP contribution in [0.1, 0.15) is 18.4 Å². The molecule has 1 heterocycles. The van der Waals surface area contributed by atoms with Gasteiger partial charge in [0.05, 0.1) is 0 Å². The SMILES string of the molecule is NC(=O)C1CCN(c2cc(Br)ccc2C(N)=S)CC1. The van der Waals surface area contributed by atoms with Crippen molar-refractivity contribution in [2.45, 2.75) is 12.8 Å². The number of hydrogen-bond acceptors (Lipinski definition) is 3. The number of hydrogen-bond donors (Lipinski definition) is 2. The minimum atomic E-state index is -0.205. The molecule has 4 N–H and O–H groups in total. The van der Waals surface area contributed by atoms with E-state index in [1.807, 2.05) is 18.2 Å². The summed E-state index contributed by atoms with van der Waals surface area (Å²) in [4.78, 5) is 13.8. The lowest BCUT2D eigenvalue weighted by molar-refractivity contribution is -0.122. The van der Waals surface area contributed by atoms with Gasteiger partial charge in [0, 0.05) is 34.7 Å². The monoisotopic (exact) mass is 341 g/mol. The van der Waals surface area contributed by atoms with E-state index in [1.165, 1.54) is 0 Å².